The molecule has 2 heteroatoms. The van der Waals surface area contributed by atoms with E-state index in [-0.39, 0.29) is 6.10 Å². The highest BCUT2D eigenvalue weighted by molar-refractivity contribution is 5.32. The van der Waals surface area contributed by atoms with E-state index in [4.69, 9.17) is 0 Å². The van der Waals surface area contributed by atoms with Gasteiger partial charge in [0.1, 0.15) is 0 Å². The lowest BCUT2D eigenvalue weighted by atomic mass is 9.95. The summed E-state index contributed by atoms with van der Waals surface area (Å²) in [6.45, 7) is 8.05. The summed E-state index contributed by atoms with van der Waals surface area (Å²) in [6, 6.07) is 2.20. The minimum Gasteiger partial charge on any atom is -0.388 e. The Morgan fingerprint density at radius 3 is 2.82 bits per heavy atom. The highest BCUT2D eigenvalue weighted by Crippen LogP contribution is 2.53. The molecule has 0 aliphatic heterocycles. The molecule has 3 rings (SSSR count). The van der Waals surface area contributed by atoms with Crippen LogP contribution in [0.4, 0.5) is 0 Å². The van der Waals surface area contributed by atoms with Gasteiger partial charge in [-0.25, -0.2) is 0 Å². The average Bonchev–Trinajstić information content (AvgIpc) is 2.71. The maximum atomic E-state index is 10.0. The van der Waals surface area contributed by atoms with Crippen LogP contribution in [0, 0.1) is 18.3 Å². The summed E-state index contributed by atoms with van der Waals surface area (Å²) in [6.07, 6.45) is 4.35. The van der Waals surface area contributed by atoms with Crippen molar-refractivity contribution in [3.63, 3.8) is 0 Å². The fourth-order valence-electron chi connectivity index (χ4n) is 3.30. The summed E-state index contributed by atoms with van der Waals surface area (Å²) in [5.74, 6) is 0.830. The van der Waals surface area contributed by atoms with Crippen molar-refractivity contribution in [2.24, 2.45) is 11.3 Å². The molecule has 0 radical (unpaired) electrons. The highest BCUT2D eigenvalue weighted by Gasteiger charge is 2.45. The Bertz CT molecular complexity index is 444. The quantitative estimate of drug-likeness (QED) is 0.833. The second-order valence-corrected chi connectivity index (χ2v) is 6.60. The third-order valence-electron chi connectivity index (χ3n) is 4.82. The average molecular weight is 233 g/mol. The second kappa shape index (κ2) is 3.61. The van der Waals surface area contributed by atoms with E-state index < -0.39 is 0 Å². The normalized spacial score (nSPS) is 30.1. The molecule has 1 aromatic heterocycles. The summed E-state index contributed by atoms with van der Waals surface area (Å²) < 4.78 is 2.47. The van der Waals surface area contributed by atoms with E-state index in [1.165, 1.54) is 23.4 Å². The molecule has 1 N–H and O–H groups in total. The first-order valence-corrected chi connectivity index (χ1v) is 6.86. The monoisotopic (exact) mass is 233 g/mol. The first kappa shape index (κ1) is 11.3. The van der Waals surface area contributed by atoms with Crippen LogP contribution >= 0.6 is 0 Å². The van der Waals surface area contributed by atoms with Crippen molar-refractivity contribution < 1.29 is 5.11 Å². The highest BCUT2D eigenvalue weighted by atomic mass is 16.3. The van der Waals surface area contributed by atoms with Gasteiger partial charge in [0.25, 0.3) is 0 Å². The lowest BCUT2D eigenvalue weighted by molar-refractivity contribution is 0.155. The molecule has 1 aromatic rings. The molecule has 0 aromatic carbocycles. The van der Waals surface area contributed by atoms with Gasteiger partial charge in [0.2, 0.25) is 0 Å². The van der Waals surface area contributed by atoms with Crippen LogP contribution in [0.3, 0.4) is 0 Å². The van der Waals surface area contributed by atoms with Gasteiger partial charge in [-0.2, -0.15) is 0 Å². The molecule has 2 unspecified atom stereocenters. The number of hydrogen-bond acceptors (Lipinski definition) is 1. The summed E-state index contributed by atoms with van der Waals surface area (Å²) >= 11 is 0. The molecule has 17 heavy (non-hydrogen) atoms. The van der Waals surface area contributed by atoms with E-state index in [1.54, 1.807) is 0 Å². The van der Waals surface area contributed by atoms with Crippen molar-refractivity contribution >= 4 is 0 Å². The van der Waals surface area contributed by atoms with Crippen LogP contribution in [0.5, 0.6) is 0 Å². The largest absolute Gasteiger partial charge is 0.388 e. The zero-order chi connectivity index (χ0) is 12.2. The van der Waals surface area contributed by atoms with Crippen LogP contribution in [-0.2, 0) is 13.0 Å². The van der Waals surface area contributed by atoms with Crippen LogP contribution in [0.25, 0.3) is 0 Å². The maximum absolute atomic E-state index is 10.0. The van der Waals surface area contributed by atoms with Crippen molar-refractivity contribution in [1.82, 2.24) is 4.57 Å². The molecule has 0 bridgehead atoms. The van der Waals surface area contributed by atoms with Crippen LogP contribution in [0.15, 0.2) is 6.07 Å². The Balaban J connectivity index is 1.89. The Morgan fingerprint density at radius 2 is 2.18 bits per heavy atom. The number of nitrogens with zero attached hydrogens (tertiary/aromatic N) is 1. The van der Waals surface area contributed by atoms with Crippen LogP contribution in [0.2, 0.25) is 0 Å². The molecular formula is C15H23NO. The first-order valence-electron chi connectivity index (χ1n) is 6.86. The van der Waals surface area contributed by atoms with E-state index >= 15 is 0 Å². The van der Waals surface area contributed by atoms with Gasteiger partial charge < -0.3 is 9.67 Å². The summed E-state index contributed by atoms with van der Waals surface area (Å²) in [5, 5.41) is 10.0. The van der Waals surface area contributed by atoms with E-state index in [0.717, 1.165) is 31.7 Å². The van der Waals surface area contributed by atoms with E-state index in [2.05, 4.69) is 31.4 Å². The lowest BCUT2D eigenvalue weighted by Crippen LogP contribution is -2.14. The molecule has 0 saturated heterocycles. The Hall–Kier alpha value is -0.760. The smallest absolute Gasteiger partial charge is 0.0807 e. The zero-order valence-corrected chi connectivity index (χ0v) is 11.2. The van der Waals surface area contributed by atoms with Gasteiger partial charge >= 0.3 is 0 Å². The van der Waals surface area contributed by atoms with Crippen LogP contribution in [-0.4, -0.2) is 9.67 Å². The predicted octanol–water partition coefficient (Wildman–Crippen LogP) is 3.21. The topological polar surface area (TPSA) is 25.2 Å². The molecule has 2 nitrogen and oxygen atoms in total. The summed E-state index contributed by atoms with van der Waals surface area (Å²) in [4.78, 5) is 0. The fourth-order valence-corrected chi connectivity index (χ4v) is 3.30. The van der Waals surface area contributed by atoms with Crippen molar-refractivity contribution in [2.45, 2.75) is 59.1 Å². The van der Waals surface area contributed by atoms with Gasteiger partial charge in [-0.3, -0.25) is 0 Å². The van der Waals surface area contributed by atoms with Gasteiger partial charge in [0.05, 0.1) is 6.10 Å². The first-order chi connectivity index (χ1) is 7.99. The molecule has 2 atom stereocenters. The molecule has 2 aliphatic rings. The Kier molecular flexibility index (Phi) is 2.41. The van der Waals surface area contributed by atoms with Gasteiger partial charge in [-0.05, 0) is 50.0 Å². The minimum atomic E-state index is -0.217. The number of hydrogen-bond donors (Lipinski definition) is 1. The SMILES string of the molecule is Cc1cc2c(n1CC1CC1(C)C)CCCC2O. The maximum Gasteiger partial charge on any atom is 0.0807 e. The van der Waals surface area contributed by atoms with E-state index in [9.17, 15) is 5.11 Å². The number of aromatic nitrogens is 1. The van der Waals surface area contributed by atoms with Gasteiger partial charge in [-0.1, -0.05) is 13.8 Å². The zero-order valence-electron chi connectivity index (χ0n) is 11.2. The lowest BCUT2D eigenvalue weighted by Gasteiger charge is -2.20. The Morgan fingerprint density at radius 1 is 1.47 bits per heavy atom. The van der Waals surface area contributed by atoms with Gasteiger partial charge in [0.15, 0.2) is 0 Å². The molecular weight excluding hydrogens is 210 g/mol. The molecule has 94 valence electrons. The van der Waals surface area contributed by atoms with Crippen molar-refractivity contribution in [3.8, 4) is 0 Å². The van der Waals surface area contributed by atoms with E-state index in [1.807, 2.05) is 0 Å². The summed E-state index contributed by atoms with van der Waals surface area (Å²) in [5.41, 5.74) is 4.48. The number of rotatable bonds is 2. The summed E-state index contributed by atoms with van der Waals surface area (Å²) in [7, 11) is 0. The molecule has 1 saturated carbocycles. The fraction of sp³-hybridized carbons (Fsp3) is 0.733. The third-order valence-corrected chi connectivity index (χ3v) is 4.82. The standard InChI is InChI=1S/C15H23NO/c1-10-7-12-13(5-4-6-14(12)17)16(10)9-11-8-15(11,2)3/h7,11,14,17H,4-6,8-9H2,1-3H3. The van der Waals surface area contributed by atoms with E-state index in [0.29, 0.717) is 5.41 Å². The molecule has 1 fully saturated rings. The van der Waals surface area contributed by atoms with Gasteiger partial charge in [0, 0.05) is 23.5 Å². The van der Waals surface area contributed by atoms with Gasteiger partial charge in [-0.15, -0.1) is 0 Å². The number of aliphatic hydroxyl groups is 1. The predicted molar refractivity (Wildman–Crippen MR) is 69.0 cm³/mol. The molecule has 2 aliphatic carbocycles. The Labute approximate surface area is 104 Å². The van der Waals surface area contributed by atoms with Crippen molar-refractivity contribution in [3.05, 3.63) is 23.0 Å². The number of aryl methyl sites for hydroxylation is 1. The van der Waals surface area contributed by atoms with Crippen LogP contribution < -0.4 is 0 Å². The van der Waals surface area contributed by atoms with Crippen molar-refractivity contribution in [1.29, 1.82) is 0 Å². The molecule has 0 spiro atoms. The molecule has 0 amide bonds. The second-order valence-electron chi connectivity index (χ2n) is 6.60. The number of fused-ring (bicyclic) bond motifs is 1. The number of aliphatic hydroxyl groups excluding tert-OH is 1. The van der Waals surface area contributed by atoms with Crippen molar-refractivity contribution in [2.75, 3.05) is 0 Å². The minimum absolute atomic E-state index is 0.217. The van der Waals surface area contributed by atoms with Crippen LogP contribution in [0.1, 0.15) is 56.2 Å². The third kappa shape index (κ3) is 1.83. The molecule has 1 heterocycles.